The first-order valence-corrected chi connectivity index (χ1v) is 37.6. The second kappa shape index (κ2) is 25.1. The Kier molecular flexibility index (Phi) is 14.3. The van der Waals surface area contributed by atoms with E-state index in [2.05, 4.69) is 372 Å². The Morgan fingerprint density at radius 3 is 1.24 bits per heavy atom. The van der Waals surface area contributed by atoms with Crippen molar-refractivity contribution in [1.82, 2.24) is 32.5 Å². The second-order valence-corrected chi connectivity index (χ2v) is 29.0. The number of benzene rings is 16. The van der Waals surface area contributed by atoms with Gasteiger partial charge in [0.05, 0.1) is 55.2 Å². The highest BCUT2D eigenvalue weighted by atomic mass is 79.9. The van der Waals surface area contributed by atoms with E-state index < -0.39 is 0 Å². The van der Waals surface area contributed by atoms with Gasteiger partial charge in [-0.15, -0.1) is 0 Å². The van der Waals surface area contributed by atoms with Crippen molar-refractivity contribution >= 4 is 137 Å². The zero-order valence-corrected chi connectivity index (χ0v) is 60.3. The lowest BCUT2D eigenvalue weighted by molar-refractivity contribution is 0.669. The quantitative estimate of drug-likeness (QED) is 0.159. The Bertz CT molecular complexity index is 7580. The van der Waals surface area contributed by atoms with E-state index >= 15 is 0 Å². The number of rotatable bonds is 7. The van der Waals surface area contributed by atoms with E-state index in [0.29, 0.717) is 0 Å². The standard InChI is InChI=1S/C49H30N4O.C32H21N3.C18H11BrO/c1-2-12-33(13-3-1)52-44-21-7-8-22-45(44)53-47-35(16-11-19-41(47)50-49(52)53)32-26-29-43-40(30-32)37-14-4-6-20-42(37)51(43)34-27-24-31(25-28-34)36-17-10-18-39-38-15-5-9-23-46(38)54-48(36)39;1-2-10-24(11-3-1)34-29-15-6-7-16-30(29)35-31-26(13-8-14-28(31)33-32(34)35)23-18-17-22-19-21-9-4-5-12-25(21)27(22)20-23;19-13-10-8-12(9-11-13)14-5-3-6-16-15-4-1-2-7-17(15)20-18(14)16/h1-30H;1-18,20H,19H2;1-11H. The van der Waals surface area contributed by atoms with E-state index in [1.165, 1.54) is 66.0 Å². The molecular formula is C99H62BrN7O2. The molecule has 0 unspecified atom stereocenters. The van der Waals surface area contributed by atoms with Gasteiger partial charge < -0.3 is 13.4 Å². The van der Waals surface area contributed by atoms with E-state index in [9.17, 15) is 0 Å². The fraction of sp³-hybridized carbons (Fsp3) is 0.0101. The number of para-hydroxylation sites is 13. The van der Waals surface area contributed by atoms with Crippen LogP contribution in [0.5, 0.6) is 0 Å². The second-order valence-electron chi connectivity index (χ2n) is 28.1. The molecule has 109 heavy (non-hydrogen) atoms. The summed E-state index contributed by atoms with van der Waals surface area (Å²) >= 11 is 3.47. The smallest absolute Gasteiger partial charge is 0.220 e. The number of fused-ring (bicyclic) bond motifs is 22. The molecule has 1 aliphatic carbocycles. The van der Waals surface area contributed by atoms with Crippen molar-refractivity contribution in [2.45, 2.75) is 6.42 Å². The number of nitrogens with zero attached hydrogens (tertiary/aromatic N) is 7. The molecule has 0 aliphatic heterocycles. The molecule has 7 heterocycles. The van der Waals surface area contributed by atoms with E-state index in [0.717, 1.165) is 150 Å². The minimum Gasteiger partial charge on any atom is -0.455 e. The number of hydrogen-bond donors (Lipinski definition) is 0. The van der Waals surface area contributed by atoms with Gasteiger partial charge in [0, 0.05) is 76.1 Å². The topological polar surface area (TPSA) is 75.7 Å². The summed E-state index contributed by atoms with van der Waals surface area (Å²) in [5, 5.41) is 7.05. The van der Waals surface area contributed by atoms with Crippen LogP contribution in [0.4, 0.5) is 0 Å². The number of imidazole rings is 4. The maximum absolute atomic E-state index is 6.38. The number of furan rings is 2. The summed E-state index contributed by atoms with van der Waals surface area (Å²) in [5.41, 5.74) is 33.0. The first-order chi connectivity index (χ1) is 54.0. The van der Waals surface area contributed by atoms with Crippen LogP contribution >= 0.6 is 15.9 Å². The molecule has 0 N–H and O–H groups in total. The van der Waals surface area contributed by atoms with Crippen molar-refractivity contribution in [2.75, 3.05) is 0 Å². The van der Waals surface area contributed by atoms with Crippen LogP contribution in [0.25, 0.3) is 194 Å². The predicted octanol–water partition coefficient (Wildman–Crippen LogP) is 26.4. The van der Waals surface area contributed by atoms with Crippen molar-refractivity contribution < 1.29 is 8.83 Å². The summed E-state index contributed by atoms with van der Waals surface area (Å²) < 4.78 is 25.1. The molecule has 9 nitrogen and oxygen atoms in total. The van der Waals surface area contributed by atoms with Gasteiger partial charge in [-0.3, -0.25) is 17.9 Å². The fourth-order valence-corrected chi connectivity index (χ4v) is 17.4. The lowest BCUT2D eigenvalue weighted by Crippen LogP contribution is -1.94. The zero-order valence-electron chi connectivity index (χ0n) is 58.7. The van der Waals surface area contributed by atoms with Crippen LogP contribution in [0.3, 0.4) is 0 Å². The average Bonchev–Trinajstić information content (AvgIpc) is 1.59. The molecule has 16 aromatic carbocycles. The van der Waals surface area contributed by atoms with E-state index in [-0.39, 0.29) is 0 Å². The molecule has 0 fully saturated rings. The van der Waals surface area contributed by atoms with Gasteiger partial charge in [-0.05, 0) is 172 Å². The lowest BCUT2D eigenvalue weighted by atomic mass is 9.98. The molecule has 23 aromatic rings. The predicted molar refractivity (Wildman–Crippen MR) is 452 cm³/mol. The molecule has 0 saturated carbocycles. The number of hydrogen-bond acceptors (Lipinski definition) is 4. The summed E-state index contributed by atoms with van der Waals surface area (Å²) in [6.45, 7) is 0. The summed E-state index contributed by atoms with van der Waals surface area (Å²) in [7, 11) is 0. The maximum Gasteiger partial charge on any atom is 0.220 e. The number of aromatic nitrogens is 7. The Hall–Kier alpha value is -14.1. The molecule has 0 radical (unpaired) electrons. The highest BCUT2D eigenvalue weighted by Crippen LogP contribution is 2.45. The van der Waals surface area contributed by atoms with Gasteiger partial charge in [0.15, 0.2) is 0 Å². The van der Waals surface area contributed by atoms with Gasteiger partial charge in [-0.1, -0.05) is 259 Å². The summed E-state index contributed by atoms with van der Waals surface area (Å²) in [4.78, 5) is 10.4. The maximum atomic E-state index is 6.38. The van der Waals surface area contributed by atoms with Crippen molar-refractivity contribution in [3.8, 4) is 72.7 Å². The molecule has 0 bridgehead atoms. The number of halogens is 1. The van der Waals surface area contributed by atoms with E-state index in [4.69, 9.17) is 18.8 Å². The van der Waals surface area contributed by atoms with Gasteiger partial charge in [0.25, 0.3) is 0 Å². The molecule has 7 aromatic heterocycles. The Morgan fingerprint density at radius 1 is 0.257 bits per heavy atom. The van der Waals surface area contributed by atoms with Crippen molar-refractivity contribution in [3.63, 3.8) is 0 Å². The molecule has 0 saturated heterocycles. The molecule has 0 atom stereocenters. The third kappa shape index (κ3) is 9.99. The van der Waals surface area contributed by atoms with Gasteiger partial charge in [0.2, 0.25) is 11.6 Å². The SMILES string of the molecule is Brc1ccc(-c2cccc3c2oc2ccccc23)cc1.c1ccc(-n2c3ccccc3n3c4c(-c5ccc6c(c5)-c5ccccc5C6)cccc4nc23)cc1.c1ccc(-n2c3ccccc3n3c4c(-c5ccc6c(c5)c5ccccc5n6-c5ccc(-c6cccc7c6oc6ccccc67)cc5)cccc4nc23)cc1. The van der Waals surface area contributed by atoms with Crippen LogP contribution in [0.2, 0.25) is 0 Å². The monoisotopic (exact) mass is 1460 g/mol. The molecule has 1 aliphatic rings. The fourth-order valence-electron chi connectivity index (χ4n) is 17.1. The van der Waals surface area contributed by atoms with Crippen LogP contribution in [-0.4, -0.2) is 32.5 Å². The lowest BCUT2D eigenvalue weighted by Gasteiger charge is -2.10. The van der Waals surface area contributed by atoms with Gasteiger partial charge in [0.1, 0.15) is 22.3 Å². The average molecular weight is 1460 g/mol. The highest BCUT2D eigenvalue weighted by molar-refractivity contribution is 9.10. The highest BCUT2D eigenvalue weighted by Gasteiger charge is 2.25. The van der Waals surface area contributed by atoms with E-state index in [1.54, 1.807) is 0 Å². The van der Waals surface area contributed by atoms with Gasteiger partial charge in [-0.25, -0.2) is 9.97 Å². The molecule has 24 rings (SSSR count). The van der Waals surface area contributed by atoms with Crippen LogP contribution < -0.4 is 0 Å². The Labute approximate surface area is 633 Å². The summed E-state index contributed by atoms with van der Waals surface area (Å²) in [5.74, 6) is 1.84. The van der Waals surface area contributed by atoms with Crippen LogP contribution in [0, 0.1) is 0 Å². The zero-order chi connectivity index (χ0) is 71.8. The van der Waals surface area contributed by atoms with E-state index in [1.807, 2.05) is 30.3 Å². The molecule has 0 spiro atoms. The molecule has 0 amide bonds. The van der Waals surface area contributed by atoms with Crippen LogP contribution in [0.15, 0.2) is 377 Å². The van der Waals surface area contributed by atoms with Crippen LogP contribution in [0.1, 0.15) is 11.1 Å². The third-order valence-corrected chi connectivity index (χ3v) is 22.5. The van der Waals surface area contributed by atoms with Gasteiger partial charge in [-0.2, -0.15) is 0 Å². The van der Waals surface area contributed by atoms with Crippen molar-refractivity contribution in [1.29, 1.82) is 0 Å². The molecule has 10 heteroatoms. The Balaban J connectivity index is 0.000000113. The molecular weight excluding hydrogens is 1400 g/mol. The minimum absolute atomic E-state index is 0.905. The summed E-state index contributed by atoms with van der Waals surface area (Å²) in [6, 6.07) is 129. The Morgan fingerprint density at radius 2 is 0.661 bits per heavy atom. The first-order valence-electron chi connectivity index (χ1n) is 36.8. The normalized spacial score (nSPS) is 12.0. The van der Waals surface area contributed by atoms with Crippen molar-refractivity contribution in [3.05, 3.63) is 380 Å². The summed E-state index contributed by atoms with van der Waals surface area (Å²) in [6.07, 6.45) is 1.01. The third-order valence-electron chi connectivity index (χ3n) is 22.0. The van der Waals surface area contributed by atoms with Crippen molar-refractivity contribution in [2.24, 2.45) is 0 Å². The van der Waals surface area contributed by atoms with Crippen LogP contribution in [-0.2, 0) is 6.42 Å². The minimum atomic E-state index is 0.905. The first kappa shape index (κ1) is 62.3. The van der Waals surface area contributed by atoms with Gasteiger partial charge >= 0.3 is 0 Å². The largest absolute Gasteiger partial charge is 0.455 e. The molecule has 512 valence electrons.